The Balaban J connectivity index is 1.25. The quantitative estimate of drug-likeness (QED) is 0.147. The van der Waals surface area contributed by atoms with E-state index < -0.39 is 0 Å². The lowest BCUT2D eigenvalue weighted by molar-refractivity contribution is 0.104. The number of carbonyl (C=O) groups is 1. The summed E-state index contributed by atoms with van der Waals surface area (Å²) < 4.78 is 11.4. The minimum Gasteiger partial charge on any atom is -0.458 e. The Morgan fingerprint density at radius 2 is 1.29 bits per heavy atom. The average Bonchev–Trinajstić information content (AvgIpc) is 2.84. The van der Waals surface area contributed by atoms with Gasteiger partial charge in [0.05, 0.1) is 0 Å². The average molecular weight is 451 g/mol. The molecule has 0 bridgehead atoms. The number of carbonyl (C=O) groups excluding carboxylic acids is 1. The van der Waals surface area contributed by atoms with Crippen molar-refractivity contribution in [2.24, 2.45) is 0 Å². The lowest BCUT2D eigenvalue weighted by Gasteiger charge is -2.10. The summed E-state index contributed by atoms with van der Waals surface area (Å²) in [5.41, 5.74) is 16.8. The van der Waals surface area contributed by atoms with Gasteiger partial charge in [-0.15, -0.1) is 0 Å². The van der Waals surface area contributed by atoms with Crippen molar-refractivity contribution in [3.63, 3.8) is 0 Å². The van der Waals surface area contributed by atoms with Crippen LogP contribution in [0.2, 0.25) is 0 Å². The largest absolute Gasteiger partial charge is 0.458 e. The van der Waals surface area contributed by atoms with Gasteiger partial charge in [-0.25, -0.2) is 0 Å². The number of nitrogen functional groups attached to an aromatic ring is 2. The summed E-state index contributed by atoms with van der Waals surface area (Å²) in [5.74, 6) is 1.37. The van der Waals surface area contributed by atoms with E-state index in [0.717, 1.165) is 28.9 Å². The number of ether oxygens (including phenoxy) is 2. The molecule has 0 spiro atoms. The zero-order valence-corrected chi connectivity index (χ0v) is 18.7. The third-order valence-corrected chi connectivity index (χ3v) is 5.19. The predicted molar refractivity (Wildman–Crippen MR) is 137 cm³/mol. The SMILES string of the molecule is Nc1cc(N)cc(Cc2ccc(OCOc3ccc(/C=C/C(=O)c4ccccc4)cc3)cc2)c1. The van der Waals surface area contributed by atoms with Crippen LogP contribution in [0.25, 0.3) is 6.08 Å². The summed E-state index contributed by atoms with van der Waals surface area (Å²) in [6.07, 6.45) is 4.10. The van der Waals surface area contributed by atoms with Crippen molar-refractivity contribution in [3.05, 3.63) is 125 Å². The third-order valence-electron chi connectivity index (χ3n) is 5.19. The second-order valence-corrected chi connectivity index (χ2v) is 7.87. The second-order valence-electron chi connectivity index (χ2n) is 7.87. The molecule has 0 heterocycles. The highest BCUT2D eigenvalue weighted by molar-refractivity contribution is 6.06. The first-order chi connectivity index (χ1) is 16.5. The van der Waals surface area contributed by atoms with E-state index in [4.69, 9.17) is 20.9 Å². The molecule has 0 unspecified atom stereocenters. The molecule has 5 nitrogen and oxygen atoms in total. The van der Waals surface area contributed by atoms with Gasteiger partial charge in [-0.05, 0) is 71.7 Å². The molecule has 4 N–H and O–H groups in total. The van der Waals surface area contributed by atoms with Crippen molar-refractivity contribution in [1.29, 1.82) is 0 Å². The molecule has 34 heavy (non-hydrogen) atoms. The van der Waals surface area contributed by atoms with Gasteiger partial charge in [0.2, 0.25) is 6.79 Å². The first-order valence-electron chi connectivity index (χ1n) is 10.9. The number of anilines is 2. The van der Waals surface area contributed by atoms with Gasteiger partial charge in [0.25, 0.3) is 0 Å². The van der Waals surface area contributed by atoms with Crippen LogP contribution in [0.4, 0.5) is 11.4 Å². The number of benzene rings is 4. The molecule has 0 radical (unpaired) electrons. The van der Waals surface area contributed by atoms with E-state index in [1.807, 2.05) is 78.9 Å². The van der Waals surface area contributed by atoms with Crippen LogP contribution in [0, 0.1) is 0 Å². The molecule has 4 aromatic carbocycles. The Morgan fingerprint density at radius 1 is 0.706 bits per heavy atom. The topological polar surface area (TPSA) is 87.6 Å². The van der Waals surface area contributed by atoms with Crippen LogP contribution in [0.1, 0.15) is 27.0 Å². The fourth-order valence-corrected chi connectivity index (χ4v) is 3.50. The molecule has 0 aliphatic rings. The molecule has 5 heteroatoms. The van der Waals surface area contributed by atoms with Crippen LogP contribution in [-0.4, -0.2) is 12.6 Å². The minimum absolute atomic E-state index is 0.0302. The van der Waals surface area contributed by atoms with Crippen LogP contribution < -0.4 is 20.9 Å². The molecule has 0 aliphatic heterocycles. The van der Waals surface area contributed by atoms with Crippen molar-refractivity contribution in [2.75, 3.05) is 18.3 Å². The van der Waals surface area contributed by atoms with E-state index in [1.165, 1.54) is 0 Å². The second kappa shape index (κ2) is 10.9. The molecule has 0 aliphatic carbocycles. The first-order valence-corrected chi connectivity index (χ1v) is 10.9. The van der Waals surface area contributed by atoms with Crippen LogP contribution in [0.15, 0.2) is 103 Å². The Labute approximate surface area is 199 Å². The summed E-state index contributed by atoms with van der Waals surface area (Å²) in [6, 6.07) is 30.1. The molecule has 0 amide bonds. The van der Waals surface area contributed by atoms with Crippen LogP contribution in [0.3, 0.4) is 0 Å². The lowest BCUT2D eigenvalue weighted by Crippen LogP contribution is -2.05. The van der Waals surface area contributed by atoms with Gasteiger partial charge in [0.1, 0.15) is 11.5 Å². The van der Waals surface area contributed by atoms with E-state index in [-0.39, 0.29) is 12.6 Å². The highest BCUT2D eigenvalue weighted by Gasteiger charge is 2.02. The van der Waals surface area contributed by atoms with Gasteiger partial charge in [0, 0.05) is 16.9 Å². The van der Waals surface area contributed by atoms with Crippen molar-refractivity contribution < 1.29 is 14.3 Å². The molecule has 0 atom stereocenters. The highest BCUT2D eigenvalue weighted by Crippen LogP contribution is 2.20. The minimum atomic E-state index is -0.0302. The molecule has 0 saturated carbocycles. The Bertz CT molecular complexity index is 1250. The Kier molecular flexibility index (Phi) is 7.25. The fourth-order valence-electron chi connectivity index (χ4n) is 3.50. The lowest BCUT2D eigenvalue weighted by atomic mass is 10.0. The number of hydrogen-bond donors (Lipinski definition) is 2. The van der Waals surface area contributed by atoms with Crippen molar-refractivity contribution in [3.8, 4) is 11.5 Å². The summed E-state index contributed by atoms with van der Waals surface area (Å²) in [7, 11) is 0. The van der Waals surface area contributed by atoms with E-state index in [2.05, 4.69) is 0 Å². The van der Waals surface area contributed by atoms with Crippen molar-refractivity contribution in [1.82, 2.24) is 0 Å². The van der Waals surface area contributed by atoms with E-state index in [1.54, 1.807) is 30.4 Å². The van der Waals surface area contributed by atoms with E-state index >= 15 is 0 Å². The van der Waals surface area contributed by atoms with Gasteiger partial charge < -0.3 is 20.9 Å². The summed E-state index contributed by atoms with van der Waals surface area (Å²) in [4.78, 5) is 12.2. The molecule has 0 saturated heterocycles. The van der Waals surface area contributed by atoms with Crippen molar-refractivity contribution in [2.45, 2.75) is 6.42 Å². The van der Waals surface area contributed by atoms with Gasteiger partial charge in [0.15, 0.2) is 5.78 Å². The van der Waals surface area contributed by atoms with Crippen LogP contribution in [0.5, 0.6) is 11.5 Å². The molecular formula is C29H26N2O3. The monoisotopic (exact) mass is 450 g/mol. The summed E-state index contributed by atoms with van der Waals surface area (Å²) in [6.45, 7) is 0.0901. The predicted octanol–water partition coefficient (Wildman–Crippen LogP) is 5.75. The number of allylic oxidation sites excluding steroid dienone is 1. The maximum Gasteiger partial charge on any atom is 0.230 e. The van der Waals surface area contributed by atoms with Gasteiger partial charge >= 0.3 is 0 Å². The molecular weight excluding hydrogens is 424 g/mol. The number of rotatable bonds is 9. The van der Waals surface area contributed by atoms with Crippen molar-refractivity contribution >= 4 is 23.2 Å². The highest BCUT2D eigenvalue weighted by atomic mass is 16.7. The number of hydrogen-bond acceptors (Lipinski definition) is 5. The van der Waals surface area contributed by atoms with Crippen LogP contribution in [-0.2, 0) is 6.42 Å². The molecule has 0 aromatic heterocycles. The first kappa shape index (κ1) is 22.7. The van der Waals surface area contributed by atoms with E-state index in [0.29, 0.717) is 22.7 Å². The van der Waals surface area contributed by atoms with Crippen LogP contribution >= 0.6 is 0 Å². The zero-order valence-electron chi connectivity index (χ0n) is 18.7. The van der Waals surface area contributed by atoms with E-state index in [9.17, 15) is 4.79 Å². The number of nitrogens with two attached hydrogens (primary N) is 2. The van der Waals surface area contributed by atoms with Gasteiger partial charge in [-0.1, -0.05) is 60.7 Å². The number of ketones is 1. The van der Waals surface area contributed by atoms with Gasteiger partial charge in [-0.3, -0.25) is 4.79 Å². The standard InChI is InChI=1S/C29H26N2O3/c30-25-17-23(18-26(31)19-25)16-22-8-13-28(14-9-22)34-20-33-27-11-6-21(7-12-27)10-15-29(32)24-4-2-1-3-5-24/h1-15,17-19H,16,20,30-31H2/b15-10+. The summed E-state index contributed by atoms with van der Waals surface area (Å²) in [5, 5.41) is 0. The molecule has 4 aromatic rings. The molecule has 0 fully saturated rings. The molecule has 170 valence electrons. The normalized spacial score (nSPS) is 10.8. The Morgan fingerprint density at radius 3 is 1.91 bits per heavy atom. The fraction of sp³-hybridized carbons (Fsp3) is 0.0690. The van der Waals surface area contributed by atoms with Gasteiger partial charge in [-0.2, -0.15) is 0 Å². The molecule has 4 rings (SSSR count). The Hall–Kier alpha value is -4.51. The maximum absolute atomic E-state index is 12.2. The maximum atomic E-state index is 12.2. The smallest absolute Gasteiger partial charge is 0.230 e. The summed E-state index contributed by atoms with van der Waals surface area (Å²) >= 11 is 0. The third kappa shape index (κ3) is 6.50. The zero-order chi connectivity index (χ0) is 23.8.